The number of halogens is 1. The molecule has 0 bridgehead atoms. The van der Waals surface area contributed by atoms with Crippen molar-refractivity contribution in [3.63, 3.8) is 0 Å². The molecule has 1 aromatic carbocycles. The normalized spacial score (nSPS) is 19.5. The number of carbonyl (C=O) groups excluding carboxylic acids is 1. The SMILES string of the molecule is O=C(NCC1=CCCCC1)C1CCN(S(=O)(=O)Cc2ccccc2F)CC1. The summed E-state index contributed by atoms with van der Waals surface area (Å²) in [5.41, 5.74) is 1.47. The summed E-state index contributed by atoms with van der Waals surface area (Å²) in [5.74, 6) is -1.00. The van der Waals surface area contributed by atoms with Crippen LogP contribution in [0.3, 0.4) is 0 Å². The van der Waals surface area contributed by atoms with Crippen LogP contribution >= 0.6 is 0 Å². The van der Waals surface area contributed by atoms with Crippen molar-refractivity contribution in [2.75, 3.05) is 19.6 Å². The van der Waals surface area contributed by atoms with Crippen molar-refractivity contribution in [3.05, 3.63) is 47.3 Å². The van der Waals surface area contributed by atoms with Gasteiger partial charge in [-0.15, -0.1) is 0 Å². The first-order valence-electron chi connectivity index (χ1n) is 9.62. The van der Waals surface area contributed by atoms with Gasteiger partial charge in [0.25, 0.3) is 0 Å². The smallest absolute Gasteiger partial charge is 0.223 e. The summed E-state index contributed by atoms with van der Waals surface area (Å²) in [4.78, 5) is 12.4. The number of benzene rings is 1. The molecule has 7 heteroatoms. The van der Waals surface area contributed by atoms with E-state index < -0.39 is 15.8 Å². The lowest BCUT2D eigenvalue weighted by Crippen LogP contribution is -2.43. The maximum absolute atomic E-state index is 13.8. The molecule has 0 saturated carbocycles. The largest absolute Gasteiger partial charge is 0.352 e. The topological polar surface area (TPSA) is 66.5 Å². The molecule has 1 aliphatic carbocycles. The molecular weight excluding hydrogens is 367 g/mol. The van der Waals surface area contributed by atoms with Gasteiger partial charge < -0.3 is 5.32 Å². The third-order valence-corrected chi connectivity index (χ3v) is 7.22. The van der Waals surface area contributed by atoms with Gasteiger partial charge in [0.05, 0.1) is 5.75 Å². The number of piperidine rings is 1. The van der Waals surface area contributed by atoms with Crippen molar-refractivity contribution in [3.8, 4) is 0 Å². The lowest BCUT2D eigenvalue weighted by atomic mass is 9.96. The van der Waals surface area contributed by atoms with Crippen LogP contribution in [0.5, 0.6) is 0 Å². The zero-order valence-electron chi connectivity index (χ0n) is 15.5. The quantitative estimate of drug-likeness (QED) is 0.755. The number of sulfonamides is 1. The molecule has 2 aliphatic rings. The Morgan fingerprint density at radius 3 is 2.59 bits per heavy atom. The number of carbonyl (C=O) groups is 1. The fraction of sp³-hybridized carbons (Fsp3) is 0.550. The van der Waals surface area contributed by atoms with Gasteiger partial charge >= 0.3 is 0 Å². The van der Waals surface area contributed by atoms with Crippen LogP contribution < -0.4 is 5.32 Å². The van der Waals surface area contributed by atoms with E-state index in [4.69, 9.17) is 0 Å². The molecule has 1 amide bonds. The molecular formula is C20H27FN2O3S. The zero-order chi connectivity index (χ0) is 19.3. The van der Waals surface area contributed by atoms with E-state index in [1.54, 1.807) is 12.1 Å². The Labute approximate surface area is 160 Å². The molecule has 1 aliphatic heterocycles. The fourth-order valence-corrected chi connectivity index (χ4v) is 5.29. The average Bonchev–Trinajstić information content (AvgIpc) is 2.69. The van der Waals surface area contributed by atoms with E-state index in [0.717, 1.165) is 12.8 Å². The zero-order valence-corrected chi connectivity index (χ0v) is 16.3. The van der Waals surface area contributed by atoms with Gasteiger partial charge in [-0.1, -0.05) is 29.8 Å². The second-order valence-electron chi connectivity index (χ2n) is 7.35. The van der Waals surface area contributed by atoms with Gasteiger partial charge in [-0.05, 0) is 44.6 Å². The number of hydrogen-bond acceptors (Lipinski definition) is 3. The second-order valence-corrected chi connectivity index (χ2v) is 9.32. The van der Waals surface area contributed by atoms with Crippen LogP contribution in [-0.4, -0.2) is 38.3 Å². The molecule has 0 unspecified atom stereocenters. The molecule has 1 saturated heterocycles. The molecule has 0 atom stereocenters. The minimum absolute atomic E-state index is 0.00706. The predicted octanol–water partition coefficient (Wildman–Crippen LogP) is 2.98. The maximum atomic E-state index is 13.8. The number of allylic oxidation sites excluding steroid dienone is 1. The molecule has 27 heavy (non-hydrogen) atoms. The maximum Gasteiger partial charge on any atom is 0.223 e. The van der Waals surface area contributed by atoms with Gasteiger partial charge in [-0.3, -0.25) is 4.79 Å². The summed E-state index contributed by atoms with van der Waals surface area (Å²) in [6.45, 7) is 1.21. The van der Waals surface area contributed by atoms with Crippen LogP contribution in [0.4, 0.5) is 4.39 Å². The van der Waals surface area contributed by atoms with Crippen LogP contribution in [-0.2, 0) is 20.6 Å². The van der Waals surface area contributed by atoms with Crippen molar-refractivity contribution >= 4 is 15.9 Å². The standard InChI is InChI=1S/C20H27FN2O3S/c21-19-9-5-4-8-18(19)15-27(25,26)23-12-10-17(11-13-23)20(24)22-14-16-6-2-1-3-7-16/h4-6,8-9,17H,1-3,7,10-15H2,(H,22,24). The summed E-state index contributed by atoms with van der Waals surface area (Å²) >= 11 is 0. The van der Waals surface area contributed by atoms with Gasteiger partial charge in [0.2, 0.25) is 15.9 Å². The van der Waals surface area contributed by atoms with Gasteiger partial charge in [0, 0.05) is 31.1 Å². The Morgan fingerprint density at radius 1 is 1.19 bits per heavy atom. The Hall–Kier alpha value is -1.73. The molecule has 1 aromatic rings. The van der Waals surface area contributed by atoms with Crippen molar-refractivity contribution < 1.29 is 17.6 Å². The molecule has 3 rings (SSSR count). The van der Waals surface area contributed by atoms with Crippen molar-refractivity contribution in [1.82, 2.24) is 9.62 Å². The highest BCUT2D eigenvalue weighted by Crippen LogP contribution is 2.23. The summed E-state index contributed by atoms with van der Waals surface area (Å²) < 4.78 is 40.3. The van der Waals surface area contributed by atoms with E-state index in [1.165, 1.54) is 34.9 Å². The van der Waals surface area contributed by atoms with E-state index in [9.17, 15) is 17.6 Å². The van der Waals surface area contributed by atoms with Crippen LogP contribution in [0.25, 0.3) is 0 Å². The molecule has 0 aromatic heterocycles. The monoisotopic (exact) mass is 394 g/mol. The Morgan fingerprint density at radius 2 is 1.93 bits per heavy atom. The summed E-state index contributed by atoms with van der Waals surface area (Å²) in [6, 6.07) is 5.93. The molecule has 0 radical (unpaired) electrons. The summed E-state index contributed by atoms with van der Waals surface area (Å²) in [5, 5.41) is 3.00. The Bertz CT molecular complexity index is 799. The number of nitrogens with zero attached hydrogens (tertiary/aromatic N) is 1. The van der Waals surface area contributed by atoms with Crippen molar-refractivity contribution in [2.45, 2.75) is 44.3 Å². The second kappa shape index (κ2) is 8.97. The summed E-state index contributed by atoms with van der Waals surface area (Å²) in [7, 11) is -3.58. The fourth-order valence-electron chi connectivity index (χ4n) is 3.71. The third kappa shape index (κ3) is 5.39. The minimum Gasteiger partial charge on any atom is -0.352 e. The van der Waals surface area contributed by atoms with Crippen LogP contribution in [0.15, 0.2) is 35.9 Å². The number of nitrogens with one attached hydrogen (secondary N) is 1. The van der Waals surface area contributed by atoms with E-state index in [1.807, 2.05) is 0 Å². The van der Waals surface area contributed by atoms with Gasteiger partial charge in [0.1, 0.15) is 5.82 Å². The molecule has 0 spiro atoms. The highest BCUT2D eigenvalue weighted by Gasteiger charge is 2.31. The van der Waals surface area contributed by atoms with Crippen LogP contribution in [0.2, 0.25) is 0 Å². The van der Waals surface area contributed by atoms with E-state index in [0.29, 0.717) is 32.5 Å². The van der Waals surface area contributed by atoms with Gasteiger partial charge in [0.15, 0.2) is 0 Å². The number of hydrogen-bond donors (Lipinski definition) is 1. The minimum atomic E-state index is -3.58. The lowest BCUT2D eigenvalue weighted by Gasteiger charge is -2.30. The average molecular weight is 395 g/mol. The van der Waals surface area contributed by atoms with Gasteiger partial charge in [-0.2, -0.15) is 0 Å². The van der Waals surface area contributed by atoms with Crippen LogP contribution in [0, 0.1) is 11.7 Å². The van der Waals surface area contributed by atoms with E-state index in [2.05, 4.69) is 11.4 Å². The Balaban J connectivity index is 1.49. The highest BCUT2D eigenvalue weighted by molar-refractivity contribution is 7.88. The van der Waals surface area contributed by atoms with Crippen molar-refractivity contribution in [1.29, 1.82) is 0 Å². The summed E-state index contributed by atoms with van der Waals surface area (Å²) in [6.07, 6.45) is 7.75. The molecule has 5 nitrogen and oxygen atoms in total. The molecule has 1 fully saturated rings. The first-order valence-corrected chi connectivity index (χ1v) is 11.2. The first-order chi connectivity index (χ1) is 13.0. The number of amides is 1. The van der Waals surface area contributed by atoms with E-state index in [-0.39, 0.29) is 23.1 Å². The molecule has 148 valence electrons. The van der Waals surface area contributed by atoms with Crippen LogP contribution in [0.1, 0.15) is 44.1 Å². The third-order valence-electron chi connectivity index (χ3n) is 5.39. The predicted molar refractivity (Wildman–Crippen MR) is 103 cm³/mol. The molecule has 1 N–H and O–H groups in total. The van der Waals surface area contributed by atoms with Gasteiger partial charge in [-0.25, -0.2) is 17.1 Å². The number of rotatable bonds is 6. The lowest BCUT2D eigenvalue weighted by molar-refractivity contribution is -0.125. The molecule has 1 heterocycles. The van der Waals surface area contributed by atoms with Crippen molar-refractivity contribution in [2.24, 2.45) is 5.92 Å². The Kier molecular flexibility index (Phi) is 6.65. The van der Waals surface area contributed by atoms with E-state index >= 15 is 0 Å². The highest BCUT2D eigenvalue weighted by atomic mass is 32.2. The first kappa shape index (κ1) is 20.0.